The van der Waals surface area contributed by atoms with Crippen molar-refractivity contribution in [2.45, 2.75) is 89.2 Å². The second-order valence-electron chi connectivity index (χ2n) is 12.4. The van der Waals surface area contributed by atoms with Crippen LogP contribution in [0, 0.1) is 18.8 Å². The molecule has 0 bridgehead atoms. The van der Waals surface area contributed by atoms with Gasteiger partial charge in [0.05, 0.1) is 25.5 Å². The highest BCUT2D eigenvalue weighted by Crippen LogP contribution is 2.39. The number of aliphatic hydroxyl groups excluding tert-OH is 1. The van der Waals surface area contributed by atoms with Gasteiger partial charge in [-0.05, 0) is 118 Å². The number of ether oxygens (including phenoxy) is 1. The zero-order valence-corrected chi connectivity index (χ0v) is 24.0. The van der Waals surface area contributed by atoms with Crippen molar-refractivity contribution in [2.24, 2.45) is 11.8 Å². The molecule has 1 aromatic heterocycles. The fourth-order valence-corrected chi connectivity index (χ4v) is 6.84. The lowest BCUT2D eigenvalue weighted by atomic mass is 9.78. The standard InChI is InChI=1S/C34H43N3O3/c1-23-18-28(12-17-33(23)40-2)25-8-6-24(7-9-25)21-36(34(39)26-10-15-32(38)16-11-26)31-5-3-4-27(19-31)29-20-35-37(22-29)30-13-14-30/h3-5,12,17-20,22,24-26,30,32,38H,6-11,13-16,21H2,1-2H3/t24?,25?,26-,32+. The summed E-state index contributed by atoms with van der Waals surface area (Å²) in [4.78, 5) is 16.1. The van der Waals surface area contributed by atoms with E-state index in [0.29, 0.717) is 17.9 Å². The maximum absolute atomic E-state index is 14.0. The number of aromatic nitrogens is 2. The van der Waals surface area contributed by atoms with Crippen LogP contribution in [0.2, 0.25) is 0 Å². The summed E-state index contributed by atoms with van der Waals surface area (Å²) >= 11 is 0. The van der Waals surface area contributed by atoms with Crippen LogP contribution in [-0.2, 0) is 4.79 Å². The summed E-state index contributed by atoms with van der Waals surface area (Å²) in [6.07, 6.45) is 13.8. The Labute approximate surface area is 238 Å². The van der Waals surface area contributed by atoms with E-state index in [1.807, 2.05) is 6.20 Å². The molecular formula is C34H43N3O3. The number of benzene rings is 2. The number of hydrogen-bond acceptors (Lipinski definition) is 4. The zero-order chi connectivity index (χ0) is 27.6. The van der Waals surface area contributed by atoms with Crippen molar-refractivity contribution in [3.63, 3.8) is 0 Å². The molecule has 0 unspecified atom stereocenters. The topological polar surface area (TPSA) is 67.6 Å². The predicted molar refractivity (Wildman–Crippen MR) is 159 cm³/mol. The van der Waals surface area contributed by atoms with Crippen LogP contribution >= 0.6 is 0 Å². The van der Waals surface area contributed by atoms with Crippen molar-refractivity contribution in [1.29, 1.82) is 0 Å². The van der Waals surface area contributed by atoms with E-state index in [9.17, 15) is 9.90 Å². The molecule has 3 aromatic rings. The van der Waals surface area contributed by atoms with Crippen LogP contribution < -0.4 is 9.64 Å². The third kappa shape index (κ3) is 5.97. The Morgan fingerprint density at radius 3 is 2.45 bits per heavy atom. The molecule has 1 heterocycles. The highest BCUT2D eigenvalue weighted by atomic mass is 16.5. The Kier molecular flexibility index (Phi) is 7.97. The molecule has 3 aliphatic carbocycles. The smallest absolute Gasteiger partial charge is 0.230 e. The van der Waals surface area contributed by atoms with Gasteiger partial charge in [0.15, 0.2) is 0 Å². The summed E-state index contributed by atoms with van der Waals surface area (Å²) in [5, 5.41) is 14.6. The second kappa shape index (κ2) is 11.8. The largest absolute Gasteiger partial charge is 0.496 e. The number of carbonyl (C=O) groups excluding carboxylic acids is 1. The van der Waals surface area contributed by atoms with Crippen molar-refractivity contribution >= 4 is 11.6 Å². The quantitative estimate of drug-likeness (QED) is 0.332. The molecular weight excluding hydrogens is 498 g/mol. The fraction of sp³-hybridized carbons (Fsp3) is 0.529. The Bertz CT molecular complexity index is 1310. The summed E-state index contributed by atoms with van der Waals surface area (Å²) in [6, 6.07) is 15.6. The molecule has 212 valence electrons. The number of aliphatic hydroxyl groups is 1. The molecule has 1 N–H and O–H groups in total. The van der Waals surface area contributed by atoms with Gasteiger partial charge >= 0.3 is 0 Å². The minimum absolute atomic E-state index is 0.0108. The van der Waals surface area contributed by atoms with E-state index >= 15 is 0 Å². The molecule has 0 atom stereocenters. The van der Waals surface area contributed by atoms with Crippen molar-refractivity contribution in [3.05, 3.63) is 66.0 Å². The van der Waals surface area contributed by atoms with Crippen LogP contribution in [0.4, 0.5) is 5.69 Å². The van der Waals surface area contributed by atoms with Gasteiger partial charge in [-0.1, -0.05) is 24.3 Å². The molecule has 0 radical (unpaired) electrons. The second-order valence-corrected chi connectivity index (χ2v) is 12.4. The van der Waals surface area contributed by atoms with E-state index in [-0.39, 0.29) is 17.9 Å². The molecule has 2 aromatic carbocycles. The lowest BCUT2D eigenvalue weighted by Gasteiger charge is -2.36. The monoisotopic (exact) mass is 541 g/mol. The van der Waals surface area contributed by atoms with Gasteiger partial charge in [0.25, 0.3) is 0 Å². The van der Waals surface area contributed by atoms with E-state index in [1.54, 1.807) is 7.11 Å². The van der Waals surface area contributed by atoms with Crippen LogP contribution in [0.25, 0.3) is 11.1 Å². The normalized spacial score (nSPS) is 25.0. The molecule has 6 nitrogen and oxygen atoms in total. The Morgan fingerprint density at radius 1 is 0.975 bits per heavy atom. The summed E-state index contributed by atoms with van der Waals surface area (Å²) in [5.74, 6) is 2.21. The molecule has 6 heteroatoms. The van der Waals surface area contributed by atoms with Crippen LogP contribution in [-0.4, -0.2) is 40.6 Å². The summed E-state index contributed by atoms with van der Waals surface area (Å²) in [5.41, 5.74) is 5.81. The molecule has 0 saturated heterocycles. The fourth-order valence-electron chi connectivity index (χ4n) is 6.84. The van der Waals surface area contributed by atoms with Gasteiger partial charge in [0, 0.05) is 29.9 Å². The lowest BCUT2D eigenvalue weighted by molar-refractivity contribution is -0.124. The summed E-state index contributed by atoms with van der Waals surface area (Å²) < 4.78 is 7.55. The number of nitrogens with zero attached hydrogens (tertiary/aromatic N) is 3. The third-order valence-corrected chi connectivity index (χ3v) is 9.50. The van der Waals surface area contributed by atoms with Crippen molar-refractivity contribution in [3.8, 4) is 16.9 Å². The number of rotatable bonds is 8. The lowest BCUT2D eigenvalue weighted by Crippen LogP contribution is -2.41. The number of anilines is 1. The van der Waals surface area contributed by atoms with E-state index in [4.69, 9.17) is 4.74 Å². The number of aryl methyl sites for hydroxylation is 1. The first-order valence-electron chi connectivity index (χ1n) is 15.3. The SMILES string of the molecule is COc1ccc(C2CCC(CN(c3cccc(-c4cnn(C5CC5)c4)c3)C(=O)[C@H]3CC[C@@H](O)CC3)CC2)cc1C. The van der Waals surface area contributed by atoms with Gasteiger partial charge in [-0.2, -0.15) is 5.10 Å². The number of hydrogen-bond donors (Lipinski definition) is 1. The van der Waals surface area contributed by atoms with Gasteiger partial charge in [-0.25, -0.2) is 0 Å². The first kappa shape index (κ1) is 27.1. The number of carbonyl (C=O) groups is 1. The molecule has 1 amide bonds. The summed E-state index contributed by atoms with van der Waals surface area (Å²) in [7, 11) is 1.73. The van der Waals surface area contributed by atoms with Gasteiger partial charge in [0.1, 0.15) is 5.75 Å². The Balaban J connectivity index is 1.19. The maximum Gasteiger partial charge on any atom is 0.230 e. The van der Waals surface area contributed by atoms with Gasteiger partial charge in [0.2, 0.25) is 5.91 Å². The average molecular weight is 542 g/mol. The predicted octanol–water partition coefficient (Wildman–Crippen LogP) is 7.06. The maximum atomic E-state index is 14.0. The highest BCUT2D eigenvalue weighted by Gasteiger charge is 2.32. The van der Waals surface area contributed by atoms with Crippen molar-refractivity contribution in [2.75, 3.05) is 18.6 Å². The van der Waals surface area contributed by atoms with Crippen molar-refractivity contribution in [1.82, 2.24) is 9.78 Å². The van der Waals surface area contributed by atoms with Crippen molar-refractivity contribution < 1.29 is 14.6 Å². The van der Waals surface area contributed by atoms with Crippen LogP contribution in [0.15, 0.2) is 54.9 Å². The Morgan fingerprint density at radius 2 is 1.75 bits per heavy atom. The van der Waals surface area contributed by atoms with Gasteiger partial charge < -0.3 is 14.7 Å². The molecule has 3 saturated carbocycles. The Hall–Kier alpha value is -3.12. The summed E-state index contributed by atoms with van der Waals surface area (Å²) in [6.45, 7) is 2.88. The molecule has 6 rings (SSSR count). The zero-order valence-electron chi connectivity index (χ0n) is 24.0. The van der Waals surface area contributed by atoms with Gasteiger partial charge in [-0.3, -0.25) is 9.48 Å². The van der Waals surface area contributed by atoms with E-state index in [0.717, 1.165) is 80.5 Å². The molecule has 3 fully saturated rings. The minimum Gasteiger partial charge on any atom is -0.496 e. The van der Waals surface area contributed by atoms with E-state index in [1.165, 1.54) is 24.0 Å². The van der Waals surface area contributed by atoms with Crippen LogP contribution in [0.5, 0.6) is 5.75 Å². The number of amides is 1. The van der Waals surface area contributed by atoms with E-state index in [2.05, 4.69) is 70.3 Å². The van der Waals surface area contributed by atoms with E-state index < -0.39 is 0 Å². The molecule has 0 aliphatic heterocycles. The molecule has 40 heavy (non-hydrogen) atoms. The first-order chi connectivity index (χ1) is 19.5. The van der Waals surface area contributed by atoms with Crippen LogP contribution in [0.1, 0.15) is 87.3 Å². The van der Waals surface area contributed by atoms with Crippen LogP contribution in [0.3, 0.4) is 0 Å². The molecule has 3 aliphatic rings. The average Bonchev–Trinajstić information content (AvgIpc) is 3.72. The molecule has 0 spiro atoms. The van der Waals surface area contributed by atoms with Gasteiger partial charge in [-0.15, -0.1) is 0 Å². The number of methoxy groups -OCH3 is 1. The third-order valence-electron chi connectivity index (χ3n) is 9.50. The first-order valence-corrected chi connectivity index (χ1v) is 15.3. The minimum atomic E-state index is -0.263. The highest BCUT2D eigenvalue weighted by molar-refractivity contribution is 5.95.